The molecule has 0 bridgehead atoms. The van der Waals surface area contributed by atoms with Gasteiger partial charge in [-0.3, -0.25) is 0 Å². The fourth-order valence-electron chi connectivity index (χ4n) is 1.61. The van der Waals surface area contributed by atoms with Gasteiger partial charge in [0.05, 0.1) is 0 Å². The zero-order valence-corrected chi connectivity index (χ0v) is 8.47. The topological polar surface area (TPSA) is 0 Å². The molecule has 0 nitrogen and oxygen atoms in total. The van der Waals surface area contributed by atoms with Gasteiger partial charge in [-0.2, -0.15) is 0 Å². The van der Waals surface area contributed by atoms with Crippen molar-refractivity contribution in [2.45, 2.75) is 18.8 Å². The van der Waals surface area contributed by atoms with E-state index in [1.54, 1.807) is 0 Å². The van der Waals surface area contributed by atoms with Crippen LogP contribution in [-0.4, -0.2) is 6.43 Å². The van der Waals surface area contributed by atoms with Crippen molar-refractivity contribution in [3.63, 3.8) is 0 Å². The van der Waals surface area contributed by atoms with E-state index < -0.39 is 12.3 Å². The Kier molecular flexibility index (Phi) is 2.37. The van der Waals surface area contributed by atoms with Gasteiger partial charge in [-0.15, -0.1) is 0 Å². The molecule has 1 aromatic carbocycles. The Balaban J connectivity index is 2.12. The third kappa shape index (κ3) is 1.90. The largest absolute Gasteiger partial charge is 0.242 e. The van der Waals surface area contributed by atoms with Gasteiger partial charge in [0, 0.05) is 10.4 Å². The van der Waals surface area contributed by atoms with E-state index in [0.29, 0.717) is 6.42 Å². The van der Waals surface area contributed by atoms with Crippen LogP contribution in [0.4, 0.5) is 8.78 Å². The van der Waals surface area contributed by atoms with E-state index in [-0.39, 0.29) is 5.92 Å². The summed E-state index contributed by atoms with van der Waals surface area (Å²) in [6.45, 7) is 0. The van der Waals surface area contributed by atoms with Crippen molar-refractivity contribution < 1.29 is 8.78 Å². The molecule has 3 heteroatoms. The smallest absolute Gasteiger partial charge is 0.210 e. The van der Waals surface area contributed by atoms with Crippen molar-refractivity contribution in [2.24, 2.45) is 5.92 Å². The second-order valence-electron chi connectivity index (χ2n) is 3.40. The Hall–Kier alpha value is -0.440. The van der Waals surface area contributed by atoms with Crippen molar-refractivity contribution in [3.05, 3.63) is 34.3 Å². The van der Waals surface area contributed by atoms with Crippen molar-refractivity contribution in [2.75, 3.05) is 0 Å². The van der Waals surface area contributed by atoms with E-state index in [4.69, 9.17) is 0 Å². The van der Waals surface area contributed by atoms with Gasteiger partial charge < -0.3 is 0 Å². The molecule has 0 heterocycles. The van der Waals surface area contributed by atoms with Crippen LogP contribution in [0.2, 0.25) is 0 Å². The van der Waals surface area contributed by atoms with E-state index in [9.17, 15) is 8.78 Å². The molecule has 1 saturated carbocycles. The van der Waals surface area contributed by atoms with E-state index in [2.05, 4.69) is 15.9 Å². The van der Waals surface area contributed by atoms with Crippen LogP contribution in [0.15, 0.2) is 28.7 Å². The maximum atomic E-state index is 12.2. The van der Waals surface area contributed by atoms with E-state index in [1.165, 1.54) is 0 Å². The molecule has 0 amide bonds. The van der Waals surface area contributed by atoms with Crippen LogP contribution in [0.1, 0.15) is 17.9 Å². The minimum atomic E-state index is -2.16. The highest BCUT2D eigenvalue weighted by atomic mass is 79.9. The molecular weight excluding hydrogens is 238 g/mol. The lowest BCUT2D eigenvalue weighted by Gasteiger charge is -2.00. The summed E-state index contributed by atoms with van der Waals surface area (Å²) >= 11 is 3.33. The minimum Gasteiger partial charge on any atom is -0.210 e. The SMILES string of the molecule is FC(F)C1CC1c1cccc(Br)c1. The Bertz CT molecular complexity index is 312. The number of alkyl halides is 2. The zero-order valence-electron chi connectivity index (χ0n) is 6.88. The molecule has 0 aromatic heterocycles. The third-order valence-corrected chi connectivity index (χ3v) is 2.93. The first-order valence-corrected chi connectivity index (χ1v) is 5.01. The molecular formula is C10H9BrF2. The molecule has 0 saturated heterocycles. The lowest BCUT2D eigenvalue weighted by molar-refractivity contribution is 0.120. The van der Waals surface area contributed by atoms with Crippen LogP contribution < -0.4 is 0 Å². The average Bonchev–Trinajstić information content (AvgIpc) is 2.82. The standard InChI is InChI=1S/C10H9BrF2/c11-7-3-1-2-6(4-7)8-5-9(8)10(12)13/h1-4,8-10H,5H2. The van der Waals surface area contributed by atoms with E-state index in [0.717, 1.165) is 10.0 Å². The lowest BCUT2D eigenvalue weighted by atomic mass is 10.1. The van der Waals surface area contributed by atoms with Crippen LogP contribution in [-0.2, 0) is 0 Å². The first-order valence-electron chi connectivity index (χ1n) is 4.22. The first kappa shape index (κ1) is 9.13. The van der Waals surface area contributed by atoms with Gasteiger partial charge in [-0.05, 0) is 30.0 Å². The normalized spacial score (nSPS) is 26.5. The summed E-state index contributed by atoms with van der Waals surface area (Å²) in [5.41, 5.74) is 1.03. The molecule has 0 radical (unpaired) electrons. The Labute approximate surface area is 84.1 Å². The number of hydrogen-bond donors (Lipinski definition) is 0. The molecule has 70 valence electrons. The summed E-state index contributed by atoms with van der Waals surface area (Å²) in [4.78, 5) is 0. The summed E-state index contributed by atoms with van der Waals surface area (Å²) in [5, 5.41) is 0. The molecule has 1 aliphatic rings. The Morgan fingerprint density at radius 3 is 2.69 bits per heavy atom. The van der Waals surface area contributed by atoms with Crippen LogP contribution in [0.3, 0.4) is 0 Å². The predicted octanol–water partition coefficient (Wildman–Crippen LogP) is 3.82. The molecule has 13 heavy (non-hydrogen) atoms. The molecule has 2 atom stereocenters. The fraction of sp³-hybridized carbons (Fsp3) is 0.400. The monoisotopic (exact) mass is 246 g/mol. The second kappa shape index (κ2) is 3.37. The summed E-state index contributed by atoms with van der Waals surface area (Å²) in [7, 11) is 0. The van der Waals surface area contributed by atoms with Crippen LogP contribution in [0.5, 0.6) is 0 Å². The Morgan fingerprint density at radius 1 is 1.38 bits per heavy atom. The number of hydrogen-bond acceptors (Lipinski definition) is 0. The van der Waals surface area contributed by atoms with Crippen molar-refractivity contribution in [1.29, 1.82) is 0 Å². The molecule has 1 fully saturated rings. The lowest BCUT2D eigenvalue weighted by Crippen LogP contribution is -1.94. The van der Waals surface area contributed by atoms with Gasteiger partial charge in [0.25, 0.3) is 0 Å². The second-order valence-corrected chi connectivity index (χ2v) is 4.31. The van der Waals surface area contributed by atoms with Gasteiger partial charge in [0.2, 0.25) is 6.43 Å². The zero-order chi connectivity index (χ0) is 9.42. The highest BCUT2D eigenvalue weighted by molar-refractivity contribution is 9.10. The quantitative estimate of drug-likeness (QED) is 0.745. The van der Waals surface area contributed by atoms with Crippen molar-refractivity contribution in [3.8, 4) is 0 Å². The predicted molar refractivity (Wildman–Crippen MR) is 51.0 cm³/mol. The molecule has 1 aliphatic carbocycles. The van der Waals surface area contributed by atoms with Crippen molar-refractivity contribution >= 4 is 15.9 Å². The van der Waals surface area contributed by atoms with Crippen LogP contribution in [0.25, 0.3) is 0 Å². The fourth-order valence-corrected chi connectivity index (χ4v) is 2.03. The van der Waals surface area contributed by atoms with Gasteiger partial charge in [0.1, 0.15) is 0 Å². The van der Waals surface area contributed by atoms with Crippen molar-refractivity contribution in [1.82, 2.24) is 0 Å². The summed E-state index contributed by atoms with van der Waals surface area (Å²) in [5.74, 6) is -0.327. The van der Waals surface area contributed by atoms with Gasteiger partial charge in [-0.1, -0.05) is 28.1 Å². The van der Waals surface area contributed by atoms with Gasteiger partial charge in [0.15, 0.2) is 0 Å². The molecule has 0 aliphatic heterocycles. The summed E-state index contributed by atoms with van der Waals surface area (Å²) < 4.78 is 25.5. The third-order valence-electron chi connectivity index (χ3n) is 2.44. The molecule has 1 aromatic rings. The average molecular weight is 247 g/mol. The summed E-state index contributed by atoms with van der Waals surface area (Å²) in [6.07, 6.45) is -1.53. The maximum absolute atomic E-state index is 12.2. The van der Waals surface area contributed by atoms with Gasteiger partial charge >= 0.3 is 0 Å². The maximum Gasteiger partial charge on any atom is 0.242 e. The molecule has 2 rings (SSSR count). The summed E-state index contributed by atoms with van der Waals surface area (Å²) in [6, 6.07) is 7.63. The molecule has 0 spiro atoms. The molecule has 2 unspecified atom stereocenters. The highest BCUT2D eigenvalue weighted by Gasteiger charge is 2.44. The molecule has 0 N–H and O–H groups in total. The minimum absolute atomic E-state index is 0.0810. The Morgan fingerprint density at radius 2 is 2.15 bits per heavy atom. The van der Waals surface area contributed by atoms with Gasteiger partial charge in [-0.25, -0.2) is 8.78 Å². The van der Waals surface area contributed by atoms with Crippen LogP contribution >= 0.6 is 15.9 Å². The first-order chi connectivity index (χ1) is 6.18. The van der Waals surface area contributed by atoms with Crippen LogP contribution in [0, 0.1) is 5.92 Å². The number of benzene rings is 1. The number of halogens is 3. The number of rotatable bonds is 2. The highest BCUT2D eigenvalue weighted by Crippen LogP contribution is 2.51. The van der Waals surface area contributed by atoms with E-state index >= 15 is 0 Å². The van der Waals surface area contributed by atoms with E-state index in [1.807, 2.05) is 24.3 Å².